The zero-order valence-electron chi connectivity index (χ0n) is 47.2. The van der Waals surface area contributed by atoms with E-state index < -0.39 is 0 Å². The van der Waals surface area contributed by atoms with Crippen LogP contribution in [0.3, 0.4) is 0 Å². The molecule has 0 N–H and O–H groups in total. The maximum absolute atomic E-state index is 12.1. The van der Waals surface area contributed by atoms with Gasteiger partial charge in [-0.3, -0.25) is 0 Å². The molecule has 0 spiro atoms. The van der Waals surface area contributed by atoms with Crippen LogP contribution < -0.4 is 0 Å². The van der Waals surface area contributed by atoms with Crippen molar-refractivity contribution in [1.29, 1.82) is 5.26 Å². The summed E-state index contributed by atoms with van der Waals surface area (Å²) in [7, 11) is 0. The third kappa shape index (κ3) is 9.20. The average molecular weight is 1130 g/mol. The lowest BCUT2D eigenvalue weighted by Crippen LogP contribution is -2.05. The van der Waals surface area contributed by atoms with Crippen LogP contribution in [0.2, 0.25) is 0 Å². The molecule has 16 rings (SSSR count). The summed E-state index contributed by atoms with van der Waals surface area (Å²) in [4.78, 5) is 35.8. The molecule has 10 nitrogen and oxygen atoms in total. The van der Waals surface area contributed by atoms with Crippen molar-refractivity contribution in [2.75, 3.05) is 0 Å². The number of rotatable bonds is 11. The second kappa shape index (κ2) is 21.7. The molecule has 11 aromatic carbocycles. The zero-order valence-corrected chi connectivity index (χ0v) is 47.2. The summed E-state index contributed by atoms with van der Waals surface area (Å²) in [6.45, 7) is 0. The molecule has 0 radical (unpaired) electrons. The second-order valence-electron chi connectivity index (χ2n) is 21.6. The van der Waals surface area contributed by atoms with Gasteiger partial charge in [-0.05, 0) is 83.9 Å². The molecule has 10 heteroatoms. The lowest BCUT2D eigenvalue weighted by atomic mass is 9.97. The standard InChI is InChI=1S/C78H48N10/c79-49-64-71(87-67-37-21-19-35-60(67)62-43-56(39-41-69(62)87)77-83-73(52-27-11-3-12-28-52)81-74(84-77)53-29-13-4-14-30-53)47-59(58-45-65(50-23-7-1-8-24-50)80-66(46-58)51-25-9-2-10-26-51)48-72(64)88-68-38-22-20-36-61(68)63-44-57(40-42-70(63)88)78-85-75(54-31-15-5-16-32-54)82-76(86-78)55-33-17-6-18-34-55/h1-48H. The van der Waals surface area contributed by atoms with Gasteiger partial charge in [0.15, 0.2) is 34.9 Å². The van der Waals surface area contributed by atoms with Gasteiger partial charge in [0, 0.05) is 66.1 Å². The molecule has 88 heavy (non-hydrogen) atoms. The van der Waals surface area contributed by atoms with Gasteiger partial charge in [0.25, 0.3) is 0 Å². The summed E-state index contributed by atoms with van der Waals surface area (Å²) in [6, 6.07) is 102. The number of pyridine rings is 1. The molecular weight excluding hydrogens is 1080 g/mol. The summed E-state index contributed by atoms with van der Waals surface area (Å²) in [5, 5.41) is 16.0. The Morgan fingerprint density at radius 3 is 0.852 bits per heavy atom. The number of hydrogen-bond acceptors (Lipinski definition) is 8. The van der Waals surface area contributed by atoms with Crippen molar-refractivity contribution >= 4 is 43.6 Å². The predicted octanol–water partition coefficient (Wildman–Crippen LogP) is 18.5. The maximum Gasteiger partial charge on any atom is 0.164 e. The molecule has 16 aromatic rings. The van der Waals surface area contributed by atoms with E-state index in [1.54, 1.807) is 0 Å². The van der Waals surface area contributed by atoms with Crippen LogP contribution in [0.1, 0.15) is 5.56 Å². The van der Waals surface area contributed by atoms with Crippen LogP contribution in [0, 0.1) is 11.3 Å². The third-order valence-corrected chi connectivity index (χ3v) is 16.2. The molecule has 0 aliphatic rings. The molecule has 0 atom stereocenters. The van der Waals surface area contributed by atoms with Crippen molar-refractivity contribution < 1.29 is 0 Å². The Hall–Kier alpha value is -12.3. The molecule has 0 saturated carbocycles. The van der Waals surface area contributed by atoms with Crippen molar-refractivity contribution in [2.45, 2.75) is 0 Å². The number of benzene rings is 11. The number of nitriles is 1. The minimum absolute atomic E-state index is 0.484. The first-order valence-electron chi connectivity index (χ1n) is 29.1. The van der Waals surface area contributed by atoms with Crippen molar-refractivity contribution in [1.82, 2.24) is 44.0 Å². The largest absolute Gasteiger partial charge is 0.308 e. The van der Waals surface area contributed by atoms with Gasteiger partial charge in [-0.2, -0.15) is 5.26 Å². The first kappa shape index (κ1) is 51.3. The second-order valence-corrected chi connectivity index (χ2v) is 21.6. The Balaban J connectivity index is 0.946. The van der Waals surface area contributed by atoms with Gasteiger partial charge in [-0.1, -0.05) is 218 Å². The Bertz CT molecular complexity index is 4930. The molecule has 5 heterocycles. The highest BCUT2D eigenvalue weighted by Gasteiger charge is 2.25. The predicted molar refractivity (Wildman–Crippen MR) is 353 cm³/mol. The van der Waals surface area contributed by atoms with E-state index in [9.17, 15) is 5.26 Å². The normalized spacial score (nSPS) is 11.4. The average Bonchev–Trinajstić information content (AvgIpc) is 1.77. The van der Waals surface area contributed by atoms with Gasteiger partial charge in [0.05, 0.1) is 44.8 Å². The van der Waals surface area contributed by atoms with Gasteiger partial charge < -0.3 is 9.13 Å². The van der Waals surface area contributed by atoms with Gasteiger partial charge in [0.1, 0.15) is 11.6 Å². The van der Waals surface area contributed by atoms with E-state index in [2.05, 4.69) is 149 Å². The smallest absolute Gasteiger partial charge is 0.164 e. The van der Waals surface area contributed by atoms with E-state index in [1.807, 2.05) is 158 Å². The zero-order chi connectivity index (χ0) is 58.5. The van der Waals surface area contributed by atoms with Crippen LogP contribution in [0.25, 0.3) is 157 Å². The summed E-state index contributed by atoms with van der Waals surface area (Å²) in [6.07, 6.45) is 0. The Kier molecular flexibility index (Phi) is 12.7. The molecule has 0 bridgehead atoms. The monoisotopic (exact) mass is 1120 g/mol. The lowest BCUT2D eigenvalue weighted by molar-refractivity contribution is 1.07. The van der Waals surface area contributed by atoms with E-state index >= 15 is 0 Å². The van der Waals surface area contributed by atoms with E-state index in [0.29, 0.717) is 51.9 Å². The van der Waals surface area contributed by atoms with Crippen molar-refractivity contribution in [3.05, 3.63) is 297 Å². The summed E-state index contributed by atoms with van der Waals surface area (Å²) in [5.41, 5.74) is 16.3. The molecule has 410 valence electrons. The van der Waals surface area contributed by atoms with Crippen molar-refractivity contribution in [3.63, 3.8) is 0 Å². The van der Waals surface area contributed by atoms with Crippen LogP contribution >= 0.6 is 0 Å². The summed E-state index contributed by atoms with van der Waals surface area (Å²) in [5.74, 6) is 3.42. The minimum Gasteiger partial charge on any atom is -0.308 e. The van der Waals surface area contributed by atoms with Crippen LogP contribution in [0.15, 0.2) is 291 Å². The topological polar surface area (TPSA) is 124 Å². The fourth-order valence-electron chi connectivity index (χ4n) is 12.1. The number of nitrogens with zero attached hydrogens (tertiary/aromatic N) is 10. The molecule has 0 amide bonds. The van der Waals surface area contributed by atoms with E-state index in [-0.39, 0.29) is 0 Å². The van der Waals surface area contributed by atoms with Gasteiger partial charge in [-0.15, -0.1) is 0 Å². The molecular formula is C78H48N10. The highest BCUT2D eigenvalue weighted by atomic mass is 15.1. The fourth-order valence-corrected chi connectivity index (χ4v) is 12.1. The molecule has 0 aliphatic carbocycles. The molecule has 0 fully saturated rings. The SMILES string of the molecule is N#Cc1c(-n2c3ccccc3c3cc(-c4nc(-c5ccccc5)nc(-c5ccccc5)n4)ccc32)cc(-c2cc(-c3ccccc3)nc(-c3ccccc3)c2)cc1-n1c2ccccc2c2cc(-c3nc(-c4ccccc4)nc(-c4ccccc4)n3)ccc21. The van der Waals surface area contributed by atoms with Crippen LogP contribution in [0.5, 0.6) is 0 Å². The highest BCUT2D eigenvalue weighted by molar-refractivity contribution is 6.12. The molecule has 0 unspecified atom stereocenters. The molecule has 0 aliphatic heterocycles. The van der Waals surface area contributed by atoms with E-state index in [1.165, 1.54) is 0 Å². The summed E-state index contributed by atoms with van der Waals surface area (Å²) >= 11 is 0. The molecule has 0 saturated heterocycles. The summed E-state index contributed by atoms with van der Waals surface area (Å²) < 4.78 is 4.49. The first-order valence-corrected chi connectivity index (χ1v) is 29.1. The minimum atomic E-state index is 0.484. The highest BCUT2D eigenvalue weighted by Crippen LogP contribution is 2.43. The number of para-hydroxylation sites is 2. The van der Waals surface area contributed by atoms with Crippen LogP contribution in [-0.2, 0) is 0 Å². The third-order valence-electron chi connectivity index (χ3n) is 16.2. The van der Waals surface area contributed by atoms with E-state index in [0.717, 1.165) is 111 Å². The fraction of sp³-hybridized carbons (Fsp3) is 0. The van der Waals surface area contributed by atoms with Gasteiger partial charge in [-0.25, -0.2) is 34.9 Å². The van der Waals surface area contributed by atoms with Crippen molar-refractivity contribution in [2.24, 2.45) is 0 Å². The van der Waals surface area contributed by atoms with E-state index in [4.69, 9.17) is 34.9 Å². The van der Waals surface area contributed by atoms with Crippen LogP contribution in [-0.4, -0.2) is 44.0 Å². The van der Waals surface area contributed by atoms with Crippen LogP contribution in [0.4, 0.5) is 0 Å². The van der Waals surface area contributed by atoms with Gasteiger partial charge >= 0.3 is 0 Å². The lowest BCUT2D eigenvalue weighted by Gasteiger charge is -2.19. The number of hydrogen-bond donors (Lipinski definition) is 0. The van der Waals surface area contributed by atoms with Gasteiger partial charge in [0.2, 0.25) is 0 Å². The quantitative estimate of drug-likeness (QED) is 0.125. The first-order chi connectivity index (χ1) is 43.6. The number of aromatic nitrogens is 9. The maximum atomic E-state index is 12.1. The number of fused-ring (bicyclic) bond motifs is 6. The Morgan fingerprint density at radius 2 is 0.511 bits per heavy atom. The Morgan fingerprint density at radius 1 is 0.227 bits per heavy atom. The van der Waals surface area contributed by atoms with Crippen molar-refractivity contribution in [3.8, 4) is 119 Å². The Labute approximate surface area is 506 Å². The molecule has 5 aromatic heterocycles.